The molecule has 0 aliphatic heterocycles. The Kier molecular flexibility index (Phi) is 9.53. The molecule has 0 fully saturated rings. The molecule has 0 saturated heterocycles. The summed E-state index contributed by atoms with van der Waals surface area (Å²) in [7, 11) is 0. The molecule has 1 aromatic rings. The summed E-state index contributed by atoms with van der Waals surface area (Å²) in [5.74, 6) is 0.705. The zero-order valence-corrected chi connectivity index (χ0v) is 21.4. The van der Waals surface area contributed by atoms with Crippen molar-refractivity contribution in [1.29, 1.82) is 0 Å². The first-order chi connectivity index (χ1) is 11.5. The van der Waals surface area contributed by atoms with Crippen molar-refractivity contribution in [2.24, 2.45) is 16.7 Å². The molecule has 1 rings (SSSR count). The van der Waals surface area contributed by atoms with Crippen LogP contribution in [0.1, 0.15) is 65.5 Å². The normalized spacial score (nSPS) is 14.1. The second-order valence-electron chi connectivity index (χ2n) is 10.4. The molecule has 0 saturated carbocycles. The predicted octanol–water partition coefficient (Wildman–Crippen LogP) is 6.72. The van der Waals surface area contributed by atoms with E-state index in [4.69, 9.17) is 4.74 Å². The Morgan fingerprint density at radius 1 is 0.920 bits per heavy atom. The Bertz CT molecular complexity index is 476. The monoisotopic (exact) mass is 454 g/mol. The van der Waals surface area contributed by atoms with E-state index in [2.05, 4.69) is 75.7 Å². The minimum atomic E-state index is -1.03. The molecule has 144 valence electrons. The van der Waals surface area contributed by atoms with E-state index in [-0.39, 0.29) is 0 Å². The van der Waals surface area contributed by atoms with Gasteiger partial charge in [0.25, 0.3) is 0 Å². The van der Waals surface area contributed by atoms with Gasteiger partial charge in [-0.25, -0.2) is 0 Å². The van der Waals surface area contributed by atoms with Crippen LogP contribution in [0, 0.1) is 16.7 Å². The Morgan fingerprint density at radius 3 is 1.96 bits per heavy atom. The fourth-order valence-electron chi connectivity index (χ4n) is 3.26. The van der Waals surface area contributed by atoms with Gasteiger partial charge in [0, 0.05) is 0 Å². The third-order valence-corrected chi connectivity index (χ3v) is 9.39. The average Bonchev–Trinajstić information content (AvgIpc) is 2.45. The van der Waals surface area contributed by atoms with E-state index >= 15 is 0 Å². The van der Waals surface area contributed by atoms with Crippen LogP contribution in [-0.2, 0) is 17.8 Å². The van der Waals surface area contributed by atoms with Gasteiger partial charge >= 0.3 is 118 Å². The maximum absolute atomic E-state index is 5.84. The number of benzene rings is 1. The minimum absolute atomic E-state index is 0.344. The van der Waals surface area contributed by atoms with E-state index in [0.717, 1.165) is 13.2 Å². The zero-order valence-electron chi connectivity index (χ0n) is 18.1. The molecular formula is C23H42OSn. The SMILES string of the molecule is [CH3][SnH]([CH3])[CH2]CCOCc1ccc(CC(CC(C)(C)C)C(C)(C)C)cc1. The second-order valence-corrected chi connectivity index (χ2v) is 20.0. The number of rotatable bonds is 9. The third kappa shape index (κ3) is 10.7. The molecule has 1 nitrogen and oxygen atoms in total. The fourth-order valence-corrected chi connectivity index (χ4v) is 6.07. The van der Waals surface area contributed by atoms with E-state index in [1.165, 1.54) is 34.8 Å². The molecule has 0 spiro atoms. The zero-order chi connectivity index (χ0) is 19.1. The van der Waals surface area contributed by atoms with Gasteiger partial charge < -0.3 is 0 Å². The van der Waals surface area contributed by atoms with Crippen LogP contribution in [0.25, 0.3) is 0 Å². The first-order valence-electron chi connectivity index (χ1n) is 10.1. The molecule has 2 heteroatoms. The summed E-state index contributed by atoms with van der Waals surface area (Å²) in [5.41, 5.74) is 3.49. The van der Waals surface area contributed by atoms with Crippen LogP contribution in [0.5, 0.6) is 0 Å². The summed E-state index contributed by atoms with van der Waals surface area (Å²) in [6.45, 7) is 15.9. The summed E-state index contributed by atoms with van der Waals surface area (Å²) in [6.07, 6.45) is 3.69. The summed E-state index contributed by atoms with van der Waals surface area (Å²) in [6, 6.07) is 9.14. The van der Waals surface area contributed by atoms with Gasteiger partial charge in [-0.3, -0.25) is 0 Å². The van der Waals surface area contributed by atoms with Crippen LogP contribution in [-0.4, -0.2) is 26.4 Å². The van der Waals surface area contributed by atoms with Crippen molar-refractivity contribution in [2.45, 2.75) is 81.7 Å². The molecule has 1 atom stereocenters. The number of ether oxygens (including phenoxy) is 1. The summed E-state index contributed by atoms with van der Waals surface area (Å²) in [4.78, 5) is 4.95. The third-order valence-electron chi connectivity index (χ3n) is 4.93. The molecule has 0 heterocycles. The van der Waals surface area contributed by atoms with Crippen LogP contribution in [0.2, 0.25) is 14.3 Å². The van der Waals surface area contributed by atoms with Crippen molar-refractivity contribution in [3.63, 3.8) is 0 Å². The van der Waals surface area contributed by atoms with Crippen LogP contribution in [0.15, 0.2) is 24.3 Å². The van der Waals surface area contributed by atoms with E-state index in [1.54, 1.807) is 0 Å². The van der Waals surface area contributed by atoms with Gasteiger partial charge in [0.05, 0.1) is 0 Å². The Morgan fingerprint density at radius 2 is 1.48 bits per heavy atom. The molecule has 0 N–H and O–H groups in total. The number of hydrogen-bond acceptors (Lipinski definition) is 1. The standard InChI is InChI=1S/C21H35O.2CH3.Sn.H/c1-8-13-22-16-18-11-9-17(10-12-18)14-19(21(5,6)7)15-20(2,3)4;;;;/h9-12,19H,1,8,13-16H2,2-7H3;2*1H3;;. The van der Waals surface area contributed by atoms with Crippen LogP contribution in [0.3, 0.4) is 0 Å². The molecule has 0 aromatic heterocycles. The van der Waals surface area contributed by atoms with Gasteiger partial charge in [-0.15, -0.1) is 0 Å². The van der Waals surface area contributed by atoms with Crippen molar-refractivity contribution in [3.8, 4) is 0 Å². The molecule has 0 aliphatic carbocycles. The summed E-state index contributed by atoms with van der Waals surface area (Å²) in [5, 5.41) is 0. The number of hydrogen-bond donors (Lipinski definition) is 0. The molecule has 0 aliphatic rings. The molecule has 0 bridgehead atoms. The van der Waals surface area contributed by atoms with Gasteiger partial charge in [-0.05, 0) is 5.41 Å². The molecule has 0 amide bonds. The van der Waals surface area contributed by atoms with Gasteiger partial charge in [0.1, 0.15) is 0 Å². The van der Waals surface area contributed by atoms with Crippen molar-refractivity contribution in [2.75, 3.05) is 6.61 Å². The van der Waals surface area contributed by atoms with Crippen molar-refractivity contribution >= 4 is 19.8 Å². The summed E-state index contributed by atoms with van der Waals surface area (Å²) >= 11 is -1.03. The van der Waals surface area contributed by atoms with Crippen LogP contribution >= 0.6 is 0 Å². The molecule has 1 aromatic carbocycles. The molecule has 25 heavy (non-hydrogen) atoms. The predicted molar refractivity (Wildman–Crippen MR) is 115 cm³/mol. The van der Waals surface area contributed by atoms with Gasteiger partial charge in [-0.1, -0.05) is 41.5 Å². The van der Waals surface area contributed by atoms with Crippen molar-refractivity contribution < 1.29 is 4.74 Å². The van der Waals surface area contributed by atoms with E-state index in [9.17, 15) is 0 Å². The van der Waals surface area contributed by atoms with Gasteiger partial charge in [-0.2, -0.15) is 0 Å². The van der Waals surface area contributed by atoms with Gasteiger partial charge in [0.15, 0.2) is 0 Å². The first-order valence-corrected chi connectivity index (χ1v) is 19.0. The average molecular weight is 453 g/mol. The molecule has 0 radical (unpaired) electrons. The van der Waals surface area contributed by atoms with Crippen molar-refractivity contribution in [1.82, 2.24) is 0 Å². The van der Waals surface area contributed by atoms with E-state index < -0.39 is 19.8 Å². The fraction of sp³-hybridized carbons (Fsp3) is 0.739. The maximum atomic E-state index is 5.84. The second kappa shape index (κ2) is 10.3. The van der Waals surface area contributed by atoms with Gasteiger partial charge in [0.2, 0.25) is 0 Å². The topological polar surface area (TPSA) is 9.23 Å². The Hall–Kier alpha value is -0.0213. The van der Waals surface area contributed by atoms with Crippen LogP contribution in [0.4, 0.5) is 0 Å². The van der Waals surface area contributed by atoms with E-state index in [0.29, 0.717) is 16.7 Å². The van der Waals surface area contributed by atoms with E-state index in [1.807, 2.05) is 0 Å². The summed E-state index contributed by atoms with van der Waals surface area (Å²) < 4.78 is 7.31. The van der Waals surface area contributed by atoms with Crippen LogP contribution < -0.4 is 0 Å². The first kappa shape index (κ1) is 23.0. The van der Waals surface area contributed by atoms with Crippen molar-refractivity contribution in [3.05, 3.63) is 35.4 Å². The quantitative estimate of drug-likeness (QED) is 0.298. The molecule has 1 unspecified atom stereocenters. The Labute approximate surface area is 164 Å². The Balaban J connectivity index is 2.54. The molecular weight excluding hydrogens is 411 g/mol.